The van der Waals surface area contributed by atoms with Crippen molar-refractivity contribution in [3.8, 4) is 18.2 Å². The van der Waals surface area contributed by atoms with E-state index in [9.17, 15) is 9.59 Å². The molecule has 0 aliphatic carbocycles. The van der Waals surface area contributed by atoms with E-state index in [1.807, 2.05) is 0 Å². The minimum Gasteiger partial charge on any atom is -0.476 e. The van der Waals surface area contributed by atoms with Gasteiger partial charge in [-0.25, -0.2) is 15.0 Å². The number of guanidine groups is 1. The second-order valence-corrected chi connectivity index (χ2v) is 6.80. The molecule has 30 heavy (non-hydrogen) atoms. The second kappa shape index (κ2) is 8.57. The van der Waals surface area contributed by atoms with Crippen LogP contribution in [0.3, 0.4) is 0 Å². The standard InChI is InChI=1S/C20H21N7O3/c1-4-5-8-30-16-12-23-14(11-24-16)18(29)25-13-6-7-22-15(9-13)20(2)10-17(28)27(3)19(21)26-20/h1,6-7,9,11-12H,5,8,10H2,2-3H3,(H2,21,26)(H,22,25,29). The number of rotatable bonds is 6. The van der Waals surface area contributed by atoms with Gasteiger partial charge in [-0.2, -0.15) is 0 Å². The molecule has 0 spiro atoms. The van der Waals surface area contributed by atoms with E-state index in [1.165, 1.54) is 23.5 Å². The first-order valence-electron chi connectivity index (χ1n) is 9.10. The van der Waals surface area contributed by atoms with Crippen molar-refractivity contribution in [3.63, 3.8) is 0 Å². The molecule has 2 aromatic rings. The zero-order valence-electron chi connectivity index (χ0n) is 16.6. The Bertz CT molecular complexity index is 1030. The average Bonchev–Trinajstić information content (AvgIpc) is 2.73. The molecule has 2 aromatic heterocycles. The summed E-state index contributed by atoms with van der Waals surface area (Å²) in [5, 5.41) is 2.73. The number of aromatic nitrogens is 3. The lowest BCUT2D eigenvalue weighted by molar-refractivity contribution is -0.128. The van der Waals surface area contributed by atoms with Crippen molar-refractivity contribution in [1.82, 2.24) is 19.9 Å². The van der Waals surface area contributed by atoms with Gasteiger partial charge in [-0.15, -0.1) is 12.3 Å². The third kappa shape index (κ3) is 4.52. The summed E-state index contributed by atoms with van der Waals surface area (Å²) in [5.74, 6) is 2.23. The van der Waals surface area contributed by atoms with Crippen LogP contribution in [0.2, 0.25) is 0 Å². The number of carbonyl (C=O) groups is 2. The number of ether oxygens (including phenoxy) is 1. The number of carbonyl (C=O) groups excluding carboxylic acids is 2. The van der Waals surface area contributed by atoms with E-state index >= 15 is 0 Å². The summed E-state index contributed by atoms with van der Waals surface area (Å²) >= 11 is 0. The number of amides is 2. The summed E-state index contributed by atoms with van der Waals surface area (Å²) in [5.41, 5.74) is 6.02. The highest BCUT2D eigenvalue weighted by Gasteiger charge is 2.37. The first kappa shape index (κ1) is 20.7. The molecule has 154 valence electrons. The Morgan fingerprint density at radius 1 is 1.40 bits per heavy atom. The number of nitrogens with zero attached hydrogens (tertiary/aromatic N) is 5. The normalized spacial score (nSPS) is 18.4. The Morgan fingerprint density at radius 3 is 2.87 bits per heavy atom. The lowest BCUT2D eigenvalue weighted by atomic mass is 9.91. The van der Waals surface area contributed by atoms with E-state index in [4.69, 9.17) is 16.9 Å². The zero-order valence-corrected chi connectivity index (χ0v) is 16.6. The van der Waals surface area contributed by atoms with Crippen molar-refractivity contribution in [1.29, 1.82) is 0 Å². The van der Waals surface area contributed by atoms with Crippen LogP contribution in [0.15, 0.2) is 35.7 Å². The number of terminal acetylenes is 1. The molecule has 0 saturated carbocycles. The molecule has 3 rings (SSSR count). The number of hydrogen-bond donors (Lipinski definition) is 2. The maximum Gasteiger partial charge on any atom is 0.275 e. The number of pyridine rings is 1. The fourth-order valence-electron chi connectivity index (χ4n) is 2.78. The first-order chi connectivity index (χ1) is 14.3. The Labute approximate surface area is 173 Å². The molecule has 0 aromatic carbocycles. The smallest absolute Gasteiger partial charge is 0.275 e. The van der Waals surface area contributed by atoms with Gasteiger partial charge >= 0.3 is 0 Å². The lowest BCUT2D eigenvalue weighted by Gasteiger charge is -2.32. The van der Waals surface area contributed by atoms with Crippen molar-refractivity contribution in [2.45, 2.75) is 25.3 Å². The van der Waals surface area contributed by atoms with E-state index < -0.39 is 11.4 Å². The van der Waals surface area contributed by atoms with Crippen molar-refractivity contribution < 1.29 is 14.3 Å². The Hall–Kier alpha value is -4.00. The topological polar surface area (TPSA) is 136 Å². The molecular formula is C20H21N7O3. The lowest BCUT2D eigenvalue weighted by Crippen LogP contribution is -2.47. The summed E-state index contributed by atoms with van der Waals surface area (Å²) in [6.45, 7) is 2.09. The number of aliphatic imine (C=N–C) groups is 1. The number of anilines is 1. The predicted octanol–water partition coefficient (Wildman–Crippen LogP) is 0.918. The van der Waals surface area contributed by atoms with Crippen LogP contribution in [-0.4, -0.2) is 51.3 Å². The Balaban J connectivity index is 1.73. The van der Waals surface area contributed by atoms with Gasteiger partial charge in [0.1, 0.15) is 17.8 Å². The van der Waals surface area contributed by atoms with Crippen molar-refractivity contribution >= 4 is 23.5 Å². The van der Waals surface area contributed by atoms with E-state index in [0.29, 0.717) is 24.4 Å². The Kier molecular flexibility index (Phi) is 5.92. The van der Waals surface area contributed by atoms with Crippen LogP contribution < -0.4 is 15.8 Å². The number of hydrogen-bond acceptors (Lipinski definition) is 8. The highest BCUT2D eigenvalue weighted by molar-refractivity contribution is 6.02. The monoisotopic (exact) mass is 407 g/mol. The average molecular weight is 407 g/mol. The summed E-state index contributed by atoms with van der Waals surface area (Å²) in [6, 6.07) is 3.28. The molecule has 0 saturated heterocycles. The summed E-state index contributed by atoms with van der Waals surface area (Å²) < 4.78 is 5.31. The molecule has 1 unspecified atom stereocenters. The third-order valence-corrected chi connectivity index (χ3v) is 4.50. The molecule has 0 fully saturated rings. The van der Waals surface area contributed by atoms with Gasteiger partial charge in [0, 0.05) is 25.4 Å². The van der Waals surface area contributed by atoms with Crippen molar-refractivity contribution in [2.75, 3.05) is 19.0 Å². The molecule has 1 atom stereocenters. The largest absolute Gasteiger partial charge is 0.476 e. The summed E-state index contributed by atoms with van der Waals surface area (Å²) in [4.78, 5) is 42.8. The first-order valence-corrected chi connectivity index (χ1v) is 9.10. The van der Waals surface area contributed by atoms with Gasteiger partial charge in [0.05, 0.1) is 24.5 Å². The molecule has 10 heteroatoms. The quantitative estimate of drug-likeness (QED) is 0.537. The molecule has 3 heterocycles. The summed E-state index contributed by atoms with van der Waals surface area (Å²) in [6.07, 6.45) is 9.91. The second-order valence-electron chi connectivity index (χ2n) is 6.80. The van der Waals surface area contributed by atoms with Gasteiger partial charge < -0.3 is 15.8 Å². The SMILES string of the molecule is C#CCCOc1cnc(C(=O)Nc2ccnc(C3(C)CC(=O)N(C)C(N)=N3)c2)cn1. The van der Waals surface area contributed by atoms with E-state index in [-0.39, 0.29) is 29.9 Å². The minimum atomic E-state index is -0.925. The van der Waals surface area contributed by atoms with Crippen molar-refractivity contribution in [2.24, 2.45) is 10.7 Å². The highest BCUT2D eigenvalue weighted by atomic mass is 16.5. The van der Waals surface area contributed by atoms with Gasteiger partial charge in [0.15, 0.2) is 5.96 Å². The van der Waals surface area contributed by atoms with Crippen LogP contribution in [0.25, 0.3) is 0 Å². The molecule has 10 nitrogen and oxygen atoms in total. The molecule has 2 amide bonds. The van der Waals surface area contributed by atoms with Gasteiger partial charge in [0.25, 0.3) is 5.91 Å². The molecule has 0 bridgehead atoms. The van der Waals surface area contributed by atoms with Crippen molar-refractivity contribution in [3.05, 3.63) is 42.1 Å². The van der Waals surface area contributed by atoms with Crippen LogP contribution in [-0.2, 0) is 10.3 Å². The van der Waals surface area contributed by atoms with Crippen LogP contribution in [0.5, 0.6) is 5.88 Å². The molecule has 1 aliphatic rings. The van der Waals surface area contributed by atoms with Crippen LogP contribution in [0.4, 0.5) is 5.69 Å². The van der Waals surface area contributed by atoms with E-state index in [1.54, 1.807) is 26.1 Å². The maximum absolute atomic E-state index is 12.5. The van der Waals surface area contributed by atoms with Gasteiger partial charge in [-0.3, -0.25) is 19.5 Å². The fourth-order valence-corrected chi connectivity index (χ4v) is 2.78. The molecule has 0 radical (unpaired) electrons. The predicted molar refractivity (Wildman–Crippen MR) is 110 cm³/mol. The molecular weight excluding hydrogens is 386 g/mol. The maximum atomic E-state index is 12.5. The fraction of sp³-hybridized carbons (Fsp3) is 0.300. The number of nitrogens with one attached hydrogen (secondary N) is 1. The van der Waals surface area contributed by atoms with E-state index in [2.05, 4.69) is 31.2 Å². The Morgan fingerprint density at radius 2 is 2.20 bits per heavy atom. The third-order valence-electron chi connectivity index (χ3n) is 4.50. The van der Waals surface area contributed by atoms with E-state index in [0.717, 1.165) is 0 Å². The van der Waals surface area contributed by atoms with Gasteiger partial charge in [-0.1, -0.05) is 0 Å². The molecule has 1 aliphatic heterocycles. The van der Waals surface area contributed by atoms with Gasteiger partial charge in [0.2, 0.25) is 11.8 Å². The van der Waals surface area contributed by atoms with Crippen LogP contribution in [0.1, 0.15) is 35.9 Å². The summed E-state index contributed by atoms with van der Waals surface area (Å²) in [7, 11) is 1.57. The van der Waals surface area contributed by atoms with Crippen LogP contribution in [0, 0.1) is 12.3 Å². The zero-order chi connectivity index (χ0) is 21.7. The minimum absolute atomic E-state index is 0.112. The number of nitrogens with two attached hydrogens (primary N) is 1. The van der Waals surface area contributed by atoms with Gasteiger partial charge in [-0.05, 0) is 19.1 Å². The molecule has 3 N–H and O–H groups in total. The van der Waals surface area contributed by atoms with Crippen LogP contribution >= 0.6 is 0 Å². The highest BCUT2D eigenvalue weighted by Crippen LogP contribution is 2.32.